The van der Waals surface area contributed by atoms with Crippen LogP contribution in [0.3, 0.4) is 0 Å². The normalized spacial score (nSPS) is 29.2. The minimum Gasteiger partial charge on any atom is -0.481 e. The van der Waals surface area contributed by atoms with Crippen molar-refractivity contribution in [2.75, 3.05) is 0 Å². The summed E-state index contributed by atoms with van der Waals surface area (Å²) in [6, 6.07) is 9.11. The minimum atomic E-state index is -0.862. The highest BCUT2D eigenvalue weighted by atomic mass is 16.5. The molecule has 0 aliphatic heterocycles. The Morgan fingerprint density at radius 1 is 1.25 bits per heavy atom. The molecule has 0 saturated heterocycles. The number of rotatable bonds is 6. The summed E-state index contributed by atoms with van der Waals surface area (Å²) in [5.41, 5.74) is 0.0499. The molecule has 3 atom stereocenters. The molecule has 2 saturated carbocycles. The fraction of sp³-hybridized carbons (Fsp3) is 0.579. The maximum Gasteiger partial charge on any atom is 0.407 e. The number of carbonyl (C=O) groups excluding carboxylic acids is 1. The molecule has 1 aromatic rings. The van der Waals surface area contributed by atoms with Gasteiger partial charge in [-0.05, 0) is 49.5 Å². The van der Waals surface area contributed by atoms with Gasteiger partial charge in [-0.2, -0.15) is 0 Å². The third-order valence-corrected chi connectivity index (χ3v) is 5.68. The van der Waals surface area contributed by atoms with E-state index in [9.17, 15) is 14.7 Å². The monoisotopic (exact) mass is 331 g/mol. The standard InChI is InChI=1S/C19H25NO4/c1-2-19(17(21)22)11-15(14-8-9-14)10-16(19)20-18(23)24-12-13-6-4-3-5-7-13/h3-7,14-16H,2,8-12H2,1H3,(H,20,23)(H,21,22). The number of carboxylic acids is 1. The predicted octanol–water partition coefficient (Wildman–Crippen LogP) is 3.58. The molecule has 0 bridgehead atoms. The number of hydrogen-bond donors (Lipinski definition) is 2. The van der Waals surface area contributed by atoms with Crippen molar-refractivity contribution in [3.05, 3.63) is 35.9 Å². The minimum absolute atomic E-state index is 0.192. The molecule has 2 aliphatic carbocycles. The number of nitrogens with one attached hydrogen (secondary N) is 1. The van der Waals surface area contributed by atoms with E-state index in [4.69, 9.17) is 4.74 Å². The number of aliphatic carboxylic acids is 1. The maximum atomic E-state index is 12.2. The van der Waals surface area contributed by atoms with Crippen LogP contribution in [0.5, 0.6) is 0 Å². The van der Waals surface area contributed by atoms with Crippen molar-refractivity contribution >= 4 is 12.1 Å². The summed E-state index contributed by atoms with van der Waals surface area (Å²) < 4.78 is 5.28. The van der Waals surface area contributed by atoms with Gasteiger partial charge in [-0.3, -0.25) is 4.79 Å². The average molecular weight is 331 g/mol. The van der Waals surface area contributed by atoms with Crippen LogP contribution in [0.1, 0.15) is 44.6 Å². The molecule has 2 aliphatic rings. The zero-order valence-electron chi connectivity index (χ0n) is 14.0. The Kier molecular flexibility index (Phi) is 4.78. The van der Waals surface area contributed by atoms with E-state index in [1.54, 1.807) is 0 Å². The Bertz CT molecular complexity index is 599. The number of benzene rings is 1. The number of alkyl carbamates (subject to hydrolysis) is 1. The zero-order chi connectivity index (χ0) is 17.2. The highest BCUT2D eigenvalue weighted by molar-refractivity contribution is 5.78. The summed E-state index contributed by atoms with van der Waals surface area (Å²) in [5, 5.41) is 12.6. The van der Waals surface area contributed by atoms with Crippen LogP contribution in [0.2, 0.25) is 0 Å². The van der Waals surface area contributed by atoms with E-state index in [2.05, 4.69) is 5.32 Å². The smallest absolute Gasteiger partial charge is 0.407 e. The first-order valence-corrected chi connectivity index (χ1v) is 8.76. The summed E-state index contributed by atoms with van der Waals surface area (Å²) in [6.07, 6.45) is 3.78. The Balaban J connectivity index is 1.62. The van der Waals surface area contributed by atoms with Crippen LogP contribution >= 0.6 is 0 Å². The van der Waals surface area contributed by atoms with E-state index in [1.165, 1.54) is 12.8 Å². The van der Waals surface area contributed by atoms with Gasteiger partial charge in [0.2, 0.25) is 0 Å². The molecule has 5 nitrogen and oxygen atoms in total. The molecular formula is C19H25NO4. The summed E-state index contributed by atoms with van der Waals surface area (Å²) in [6.45, 7) is 2.09. The lowest BCUT2D eigenvalue weighted by Crippen LogP contribution is -2.48. The van der Waals surface area contributed by atoms with Crippen LogP contribution in [0.25, 0.3) is 0 Å². The lowest BCUT2D eigenvalue weighted by molar-refractivity contribution is -0.150. The van der Waals surface area contributed by atoms with Crippen molar-refractivity contribution in [1.29, 1.82) is 0 Å². The number of carbonyl (C=O) groups is 2. The first-order chi connectivity index (χ1) is 11.5. The quantitative estimate of drug-likeness (QED) is 0.835. The first kappa shape index (κ1) is 16.8. The van der Waals surface area contributed by atoms with Crippen molar-refractivity contribution in [3.63, 3.8) is 0 Å². The third-order valence-electron chi connectivity index (χ3n) is 5.68. The lowest BCUT2D eigenvalue weighted by atomic mass is 9.79. The molecule has 1 amide bonds. The molecule has 0 spiro atoms. The van der Waals surface area contributed by atoms with Gasteiger partial charge in [0, 0.05) is 6.04 Å². The van der Waals surface area contributed by atoms with Gasteiger partial charge in [-0.1, -0.05) is 37.3 Å². The van der Waals surface area contributed by atoms with E-state index in [1.807, 2.05) is 37.3 Å². The molecule has 0 heterocycles. The van der Waals surface area contributed by atoms with Crippen molar-refractivity contribution in [3.8, 4) is 0 Å². The fourth-order valence-electron chi connectivity index (χ4n) is 4.03. The van der Waals surface area contributed by atoms with Crippen LogP contribution in [0, 0.1) is 17.3 Å². The topological polar surface area (TPSA) is 75.6 Å². The predicted molar refractivity (Wildman–Crippen MR) is 89.4 cm³/mol. The molecule has 0 radical (unpaired) electrons. The molecule has 130 valence electrons. The van der Waals surface area contributed by atoms with Gasteiger partial charge < -0.3 is 15.2 Å². The second-order valence-electron chi connectivity index (χ2n) is 7.11. The van der Waals surface area contributed by atoms with Crippen molar-refractivity contribution in [2.45, 2.75) is 51.7 Å². The van der Waals surface area contributed by atoms with E-state index >= 15 is 0 Å². The van der Waals surface area contributed by atoms with Crippen LogP contribution in [-0.2, 0) is 16.1 Å². The second kappa shape index (κ2) is 6.83. The van der Waals surface area contributed by atoms with Gasteiger partial charge in [0.1, 0.15) is 6.61 Å². The molecule has 2 N–H and O–H groups in total. The number of hydrogen-bond acceptors (Lipinski definition) is 3. The van der Waals surface area contributed by atoms with Crippen LogP contribution in [-0.4, -0.2) is 23.2 Å². The van der Waals surface area contributed by atoms with Gasteiger partial charge in [0.15, 0.2) is 0 Å². The summed E-state index contributed by atoms with van der Waals surface area (Å²) >= 11 is 0. The zero-order valence-corrected chi connectivity index (χ0v) is 14.0. The molecule has 1 aromatic carbocycles. The molecule has 24 heavy (non-hydrogen) atoms. The van der Waals surface area contributed by atoms with E-state index in [-0.39, 0.29) is 12.6 Å². The van der Waals surface area contributed by atoms with Gasteiger partial charge in [-0.25, -0.2) is 4.79 Å². The van der Waals surface area contributed by atoms with Crippen LogP contribution < -0.4 is 5.32 Å². The highest BCUT2D eigenvalue weighted by Crippen LogP contribution is 2.53. The number of carboxylic acid groups (broad SMARTS) is 1. The maximum absolute atomic E-state index is 12.2. The average Bonchev–Trinajstić information content (AvgIpc) is 3.36. The second-order valence-corrected chi connectivity index (χ2v) is 7.11. The Morgan fingerprint density at radius 3 is 2.54 bits per heavy atom. The largest absolute Gasteiger partial charge is 0.481 e. The van der Waals surface area contributed by atoms with Crippen LogP contribution in [0.4, 0.5) is 4.79 Å². The Morgan fingerprint density at radius 2 is 1.96 bits per heavy atom. The van der Waals surface area contributed by atoms with Crippen molar-refractivity contribution < 1.29 is 19.4 Å². The van der Waals surface area contributed by atoms with Crippen molar-refractivity contribution in [1.82, 2.24) is 5.32 Å². The molecular weight excluding hydrogens is 306 g/mol. The molecule has 5 heteroatoms. The fourth-order valence-corrected chi connectivity index (χ4v) is 4.03. The Labute approximate surface area is 142 Å². The number of amides is 1. The van der Waals surface area contributed by atoms with Gasteiger partial charge >= 0.3 is 12.1 Å². The number of ether oxygens (including phenoxy) is 1. The molecule has 0 aromatic heterocycles. The van der Waals surface area contributed by atoms with Gasteiger partial charge in [-0.15, -0.1) is 0 Å². The van der Waals surface area contributed by atoms with E-state index in [0.717, 1.165) is 12.0 Å². The van der Waals surface area contributed by atoms with Gasteiger partial charge in [0.05, 0.1) is 5.41 Å². The van der Waals surface area contributed by atoms with Crippen molar-refractivity contribution in [2.24, 2.45) is 17.3 Å². The lowest BCUT2D eigenvalue weighted by Gasteiger charge is -2.30. The van der Waals surface area contributed by atoms with Crippen LogP contribution in [0.15, 0.2) is 30.3 Å². The van der Waals surface area contributed by atoms with Gasteiger partial charge in [0.25, 0.3) is 0 Å². The summed E-state index contributed by atoms with van der Waals surface area (Å²) in [4.78, 5) is 24.1. The first-order valence-electron chi connectivity index (χ1n) is 8.76. The van der Waals surface area contributed by atoms with E-state index in [0.29, 0.717) is 24.7 Å². The molecule has 3 unspecified atom stereocenters. The van der Waals surface area contributed by atoms with E-state index < -0.39 is 17.5 Å². The summed E-state index contributed by atoms with van der Waals surface area (Å²) in [7, 11) is 0. The molecule has 2 fully saturated rings. The summed E-state index contributed by atoms with van der Waals surface area (Å²) in [5.74, 6) is 0.240. The Hall–Kier alpha value is -2.04. The highest BCUT2D eigenvalue weighted by Gasteiger charge is 2.55. The third kappa shape index (κ3) is 3.40. The SMILES string of the molecule is CCC1(C(=O)O)CC(C2CC2)CC1NC(=O)OCc1ccccc1. The molecule has 3 rings (SSSR count).